The van der Waals surface area contributed by atoms with E-state index in [-0.39, 0.29) is 5.91 Å². The van der Waals surface area contributed by atoms with E-state index < -0.39 is 0 Å². The summed E-state index contributed by atoms with van der Waals surface area (Å²) in [4.78, 5) is 22.5. The first-order chi connectivity index (χ1) is 11.2. The third-order valence-electron chi connectivity index (χ3n) is 4.05. The van der Waals surface area contributed by atoms with E-state index in [1.54, 1.807) is 12.1 Å². The smallest absolute Gasteiger partial charge is 0.239 e. The van der Waals surface area contributed by atoms with Crippen molar-refractivity contribution >= 4 is 23.3 Å². The molecule has 120 valence electrons. The van der Waals surface area contributed by atoms with Crippen LogP contribution in [0.5, 0.6) is 0 Å². The van der Waals surface area contributed by atoms with Gasteiger partial charge in [-0.3, -0.25) is 14.7 Å². The molecule has 23 heavy (non-hydrogen) atoms. The van der Waals surface area contributed by atoms with Gasteiger partial charge in [-0.2, -0.15) is 0 Å². The van der Waals surface area contributed by atoms with Crippen molar-refractivity contribution in [3.8, 4) is 0 Å². The highest BCUT2D eigenvalue weighted by Gasteiger charge is 2.22. The lowest BCUT2D eigenvalue weighted by atomic mass is 9.91. The summed E-state index contributed by atoms with van der Waals surface area (Å²) in [6.07, 6.45) is 7.43. The summed E-state index contributed by atoms with van der Waals surface area (Å²) >= 11 is 5.79. The molecule has 3 rings (SSSR count). The molecule has 0 aliphatic carbocycles. The number of carbonyl (C=O) groups is 1. The van der Waals surface area contributed by atoms with Gasteiger partial charge in [-0.25, -0.2) is 4.98 Å². The number of pyridine rings is 2. The molecule has 1 amide bonds. The summed E-state index contributed by atoms with van der Waals surface area (Å²) < 4.78 is 0. The fraction of sp³-hybridized carbons (Fsp3) is 0.353. The highest BCUT2D eigenvalue weighted by Crippen LogP contribution is 2.26. The zero-order valence-electron chi connectivity index (χ0n) is 12.8. The molecule has 0 bridgehead atoms. The van der Waals surface area contributed by atoms with Crippen molar-refractivity contribution in [3.63, 3.8) is 0 Å². The molecule has 1 saturated heterocycles. The number of piperidine rings is 1. The van der Waals surface area contributed by atoms with Gasteiger partial charge in [-0.05, 0) is 55.1 Å². The minimum atomic E-state index is -0.0461. The minimum Gasteiger partial charge on any atom is -0.310 e. The number of likely N-dealkylation sites (tertiary alicyclic amines) is 1. The maximum atomic E-state index is 12.2. The third-order valence-corrected chi connectivity index (χ3v) is 4.27. The number of carbonyl (C=O) groups excluding carboxylic acids is 1. The van der Waals surface area contributed by atoms with Gasteiger partial charge in [-0.1, -0.05) is 11.6 Å². The van der Waals surface area contributed by atoms with Crippen LogP contribution in [-0.4, -0.2) is 40.4 Å². The number of rotatable bonds is 4. The second-order valence-electron chi connectivity index (χ2n) is 5.76. The van der Waals surface area contributed by atoms with E-state index in [9.17, 15) is 4.79 Å². The van der Waals surface area contributed by atoms with Gasteiger partial charge in [0.05, 0.1) is 11.6 Å². The Morgan fingerprint density at radius 2 is 2.13 bits per heavy atom. The summed E-state index contributed by atoms with van der Waals surface area (Å²) in [6, 6.07) is 7.54. The van der Waals surface area contributed by atoms with Crippen LogP contribution in [-0.2, 0) is 4.79 Å². The largest absolute Gasteiger partial charge is 0.310 e. The highest BCUT2D eigenvalue weighted by atomic mass is 35.5. The van der Waals surface area contributed by atoms with Crippen LogP contribution in [0.25, 0.3) is 0 Å². The van der Waals surface area contributed by atoms with Crippen LogP contribution in [0.4, 0.5) is 5.82 Å². The fourth-order valence-electron chi connectivity index (χ4n) is 2.94. The molecule has 2 aromatic rings. The second-order valence-corrected chi connectivity index (χ2v) is 6.20. The van der Waals surface area contributed by atoms with Crippen molar-refractivity contribution in [2.45, 2.75) is 18.8 Å². The Hall–Kier alpha value is -1.98. The Kier molecular flexibility index (Phi) is 5.20. The van der Waals surface area contributed by atoms with Crippen LogP contribution in [0, 0.1) is 0 Å². The molecule has 2 aromatic heterocycles. The monoisotopic (exact) mass is 330 g/mol. The molecule has 1 N–H and O–H groups in total. The van der Waals surface area contributed by atoms with E-state index in [1.807, 2.05) is 12.4 Å². The molecule has 3 heterocycles. The van der Waals surface area contributed by atoms with E-state index in [0.29, 0.717) is 23.3 Å². The number of hydrogen-bond donors (Lipinski definition) is 1. The van der Waals surface area contributed by atoms with E-state index in [2.05, 4.69) is 32.3 Å². The number of aromatic nitrogens is 2. The van der Waals surface area contributed by atoms with Gasteiger partial charge in [0.2, 0.25) is 5.91 Å². The minimum absolute atomic E-state index is 0.0461. The SMILES string of the molecule is O=C(CN1CCC[C@@H](c2ccncc2)C1)Nc1ccc(Cl)cn1. The summed E-state index contributed by atoms with van der Waals surface area (Å²) in [5.41, 5.74) is 1.30. The predicted octanol–water partition coefficient (Wildman–Crippen LogP) is 2.95. The molecule has 5 nitrogen and oxygen atoms in total. The molecule has 0 aromatic carbocycles. The van der Waals surface area contributed by atoms with Crippen LogP contribution in [0.2, 0.25) is 5.02 Å². The van der Waals surface area contributed by atoms with Crippen LogP contribution < -0.4 is 5.32 Å². The fourth-order valence-corrected chi connectivity index (χ4v) is 3.05. The molecule has 1 atom stereocenters. The van der Waals surface area contributed by atoms with Gasteiger partial charge < -0.3 is 5.32 Å². The number of hydrogen-bond acceptors (Lipinski definition) is 4. The maximum Gasteiger partial charge on any atom is 0.239 e. The topological polar surface area (TPSA) is 58.1 Å². The maximum absolute atomic E-state index is 12.2. The summed E-state index contributed by atoms with van der Waals surface area (Å²) in [6.45, 7) is 2.22. The molecule has 0 saturated carbocycles. The molecule has 1 aliphatic heterocycles. The lowest BCUT2D eigenvalue weighted by Gasteiger charge is -2.32. The van der Waals surface area contributed by atoms with Crippen molar-refractivity contribution < 1.29 is 4.79 Å². The highest BCUT2D eigenvalue weighted by molar-refractivity contribution is 6.30. The molecule has 0 radical (unpaired) electrons. The van der Waals surface area contributed by atoms with Gasteiger partial charge in [0.15, 0.2) is 0 Å². The molecule has 0 unspecified atom stereocenters. The van der Waals surface area contributed by atoms with Gasteiger partial charge in [0.1, 0.15) is 5.82 Å². The van der Waals surface area contributed by atoms with Gasteiger partial charge >= 0.3 is 0 Å². The Morgan fingerprint density at radius 1 is 1.30 bits per heavy atom. The first-order valence-corrected chi connectivity index (χ1v) is 8.12. The van der Waals surface area contributed by atoms with Crippen LogP contribution >= 0.6 is 11.6 Å². The van der Waals surface area contributed by atoms with Crippen molar-refractivity contribution in [2.24, 2.45) is 0 Å². The Balaban J connectivity index is 1.55. The average Bonchev–Trinajstić information content (AvgIpc) is 2.58. The summed E-state index contributed by atoms with van der Waals surface area (Å²) in [5, 5.41) is 3.37. The molecule has 1 aliphatic rings. The third kappa shape index (κ3) is 4.50. The first-order valence-electron chi connectivity index (χ1n) is 7.74. The van der Waals surface area contributed by atoms with Crippen LogP contribution in [0.3, 0.4) is 0 Å². The van der Waals surface area contributed by atoms with Crippen molar-refractivity contribution in [2.75, 3.05) is 25.0 Å². The van der Waals surface area contributed by atoms with Gasteiger partial charge in [0.25, 0.3) is 0 Å². The lowest BCUT2D eigenvalue weighted by molar-refractivity contribution is -0.117. The Labute approximate surface area is 140 Å². The first kappa shape index (κ1) is 15.9. The van der Waals surface area contributed by atoms with Gasteiger partial charge in [0, 0.05) is 25.1 Å². The quantitative estimate of drug-likeness (QED) is 0.936. The van der Waals surface area contributed by atoms with Crippen molar-refractivity contribution in [1.29, 1.82) is 0 Å². The van der Waals surface area contributed by atoms with E-state index in [0.717, 1.165) is 25.9 Å². The van der Waals surface area contributed by atoms with Crippen LogP contribution in [0.1, 0.15) is 24.3 Å². The average molecular weight is 331 g/mol. The number of nitrogens with one attached hydrogen (secondary N) is 1. The van der Waals surface area contributed by atoms with E-state index >= 15 is 0 Å². The molecular weight excluding hydrogens is 312 g/mol. The van der Waals surface area contributed by atoms with Gasteiger partial charge in [-0.15, -0.1) is 0 Å². The molecular formula is C17H19ClN4O. The number of amides is 1. The Bertz CT molecular complexity index is 647. The number of nitrogens with zero attached hydrogens (tertiary/aromatic N) is 3. The second kappa shape index (κ2) is 7.53. The van der Waals surface area contributed by atoms with E-state index in [1.165, 1.54) is 11.8 Å². The zero-order chi connectivity index (χ0) is 16.1. The number of anilines is 1. The summed E-state index contributed by atoms with van der Waals surface area (Å²) in [5.74, 6) is 0.950. The molecule has 6 heteroatoms. The zero-order valence-corrected chi connectivity index (χ0v) is 13.5. The van der Waals surface area contributed by atoms with Crippen LogP contribution in [0.15, 0.2) is 42.9 Å². The lowest BCUT2D eigenvalue weighted by Crippen LogP contribution is -2.39. The Morgan fingerprint density at radius 3 is 2.87 bits per heavy atom. The normalized spacial score (nSPS) is 18.6. The van der Waals surface area contributed by atoms with E-state index in [4.69, 9.17) is 11.6 Å². The summed E-state index contributed by atoms with van der Waals surface area (Å²) in [7, 11) is 0. The predicted molar refractivity (Wildman–Crippen MR) is 90.5 cm³/mol. The standard InChI is InChI=1S/C17H19ClN4O/c18-15-3-4-16(20-10-15)21-17(23)12-22-9-1-2-14(11-22)13-5-7-19-8-6-13/h3-8,10,14H,1-2,9,11-12H2,(H,20,21,23)/t14-/m1/s1. The van der Waals surface area contributed by atoms with Crippen molar-refractivity contribution in [1.82, 2.24) is 14.9 Å². The van der Waals surface area contributed by atoms with Crippen molar-refractivity contribution in [3.05, 3.63) is 53.4 Å². The molecule has 0 spiro atoms. The number of halogens is 1. The molecule has 1 fully saturated rings.